The molecule has 16 aromatic rings. The van der Waals surface area contributed by atoms with Crippen molar-refractivity contribution in [2.75, 3.05) is 0 Å². The van der Waals surface area contributed by atoms with Gasteiger partial charge in [0.2, 0.25) is 0 Å². The molecular formula is C100H67N3. The van der Waals surface area contributed by atoms with Crippen molar-refractivity contribution < 1.29 is 0 Å². The fourth-order valence-electron chi connectivity index (χ4n) is 16.1. The Kier molecular flexibility index (Phi) is 15.2. The van der Waals surface area contributed by atoms with Crippen molar-refractivity contribution in [3.05, 3.63) is 433 Å². The predicted molar refractivity (Wildman–Crippen MR) is 429 cm³/mol. The molecule has 1 unspecified atom stereocenters. The van der Waals surface area contributed by atoms with Crippen LogP contribution in [0.2, 0.25) is 0 Å². The maximum absolute atomic E-state index is 5.43. The van der Waals surface area contributed by atoms with E-state index < -0.39 is 11.6 Å². The number of amidine groups is 2. The van der Waals surface area contributed by atoms with Gasteiger partial charge in [-0.25, -0.2) is 9.98 Å². The lowest BCUT2D eigenvalue weighted by Crippen LogP contribution is -2.33. The molecule has 2 aliphatic carbocycles. The van der Waals surface area contributed by atoms with Crippen LogP contribution in [0.4, 0.5) is 0 Å². The van der Waals surface area contributed by atoms with Crippen molar-refractivity contribution in [2.24, 2.45) is 9.98 Å². The minimum absolute atomic E-state index is 0.391. The van der Waals surface area contributed by atoms with E-state index in [0.29, 0.717) is 5.84 Å². The van der Waals surface area contributed by atoms with Gasteiger partial charge in [-0.15, -0.1) is 0 Å². The Labute approximate surface area is 601 Å². The molecule has 0 saturated heterocycles. The Balaban J connectivity index is 0.601. The fraction of sp³-hybridized carbons (Fsp3) is 0.0200. The quantitative estimate of drug-likeness (QED) is 0.123. The Morgan fingerprint density at radius 3 is 0.816 bits per heavy atom. The van der Waals surface area contributed by atoms with Gasteiger partial charge in [0.15, 0.2) is 5.84 Å². The molecule has 0 amide bonds. The summed E-state index contributed by atoms with van der Waals surface area (Å²) >= 11 is 0. The molecule has 0 aromatic heterocycles. The van der Waals surface area contributed by atoms with Crippen molar-refractivity contribution in [2.45, 2.75) is 11.6 Å². The molecule has 1 N–H and O–H groups in total. The summed E-state index contributed by atoms with van der Waals surface area (Å²) < 4.78 is 0. The number of fused-ring (bicyclic) bond motifs is 10. The highest BCUT2D eigenvalue weighted by molar-refractivity contribution is 6.13. The van der Waals surface area contributed by atoms with E-state index in [-0.39, 0.29) is 0 Å². The highest BCUT2D eigenvalue weighted by atomic mass is 15.2. The van der Waals surface area contributed by atoms with Crippen molar-refractivity contribution in [3.63, 3.8) is 0 Å². The third-order valence-corrected chi connectivity index (χ3v) is 21.2. The van der Waals surface area contributed by atoms with Gasteiger partial charge in [0.25, 0.3) is 0 Å². The average molecular weight is 1310 g/mol. The van der Waals surface area contributed by atoms with Crippen molar-refractivity contribution in [1.29, 1.82) is 0 Å². The first-order valence-corrected chi connectivity index (χ1v) is 35.5. The van der Waals surface area contributed by atoms with Crippen molar-refractivity contribution >= 4 is 11.7 Å². The van der Waals surface area contributed by atoms with Gasteiger partial charge in [-0.3, -0.25) is 0 Å². The maximum atomic E-state index is 5.43. The molecule has 0 saturated carbocycles. The number of nitrogens with one attached hydrogen (secondary N) is 1. The van der Waals surface area contributed by atoms with Crippen molar-refractivity contribution in [1.82, 2.24) is 5.32 Å². The summed E-state index contributed by atoms with van der Waals surface area (Å²) in [6.07, 6.45) is -0.412. The van der Waals surface area contributed by atoms with Gasteiger partial charge in [0, 0.05) is 11.1 Å². The average Bonchev–Trinajstić information content (AvgIpc) is 1.51. The molecule has 1 spiro atoms. The minimum atomic E-state index is -0.412. The summed E-state index contributed by atoms with van der Waals surface area (Å²) in [5.74, 6) is 1.43. The number of hydrogen-bond donors (Lipinski definition) is 1. The Morgan fingerprint density at radius 1 is 0.194 bits per heavy atom. The minimum Gasteiger partial charge on any atom is -0.344 e. The topological polar surface area (TPSA) is 36.8 Å². The molecule has 3 heteroatoms. The number of nitrogens with zero attached hydrogens (tertiary/aromatic N) is 2. The summed E-state index contributed by atoms with van der Waals surface area (Å²) in [6, 6.07) is 144. The summed E-state index contributed by atoms with van der Waals surface area (Å²) in [5.41, 5.74) is 36.5. The Bertz CT molecular complexity index is 5960. The first-order valence-electron chi connectivity index (χ1n) is 35.5. The van der Waals surface area contributed by atoms with Crippen LogP contribution in [0.25, 0.3) is 134 Å². The molecule has 16 aromatic carbocycles. The lowest BCUT2D eigenvalue weighted by Gasteiger charge is -2.30. The first kappa shape index (κ1) is 60.8. The van der Waals surface area contributed by atoms with Crippen LogP contribution in [0, 0.1) is 0 Å². The molecule has 0 bridgehead atoms. The summed E-state index contributed by atoms with van der Waals surface area (Å²) in [6.45, 7) is 0. The fourth-order valence-corrected chi connectivity index (χ4v) is 16.1. The third kappa shape index (κ3) is 11.1. The smallest absolute Gasteiger partial charge is 0.159 e. The van der Waals surface area contributed by atoms with E-state index in [4.69, 9.17) is 9.98 Å². The van der Waals surface area contributed by atoms with Crippen LogP contribution in [0.1, 0.15) is 45.1 Å². The van der Waals surface area contributed by atoms with E-state index in [0.717, 1.165) is 72.6 Å². The number of hydrogen-bond acceptors (Lipinski definition) is 3. The van der Waals surface area contributed by atoms with Gasteiger partial charge in [-0.1, -0.05) is 340 Å². The molecule has 3 nitrogen and oxygen atoms in total. The molecule has 3 aliphatic rings. The normalized spacial score (nSPS) is 13.6. The van der Waals surface area contributed by atoms with Crippen LogP contribution in [0.5, 0.6) is 0 Å². The molecule has 103 heavy (non-hydrogen) atoms. The molecule has 482 valence electrons. The van der Waals surface area contributed by atoms with Gasteiger partial charge in [-0.2, -0.15) is 0 Å². The zero-order chi connectivity index (χ0) is 68.2. The Hall–Kier alpha value is -13.3. The number of aliphatic imine (C=N–C) groups is 2. The van der Waals surface area contributed by atoms with Crippen LogP contribution < -0.4 is 5.32 Å². The highest BCUT2D eigenvalue weighted by Gasteiger charge is 2.51. The van der Waals surface area contributed by atoms with E-state index >= 15 is 0 Å². The summed E-state index contributed by atoms with van der Waals surface area (Å²) in [5, 5.41) is 3.78. The van der Waals surface area contributed by atoms with Gasteiger partial charge in [0.1, 0.15) is 12.0 Å². The molecule has 1 heterocycles. The van der Waals surface area contributed by atoms with Crippen LogP contribution in [0.15, 0.2) is 404 Å². The Morgan fingerprint density at radius 2 is 0.447 bits per heavy atom. The SMILES string of the molecule is c1ccc(-c2cccc(-c3ccc(C4=NC(c5cccc(-c6cccc(-c7cccc(-c8ccccc8)c7)c6)c5)=NC(c5ccc(-c6cccc(-c7cccc(-c8cccc(-c9cccc(-c%10ccc%11c(c%10)C%10(c%12ccccc%12-c%12ccccc%12%10)c%10ccccc%10-%11)c9)c8)c7)c6)cc5)N4)cc3)c2)cc1. The van der Waals surface area contributed by atoms with E-state index in [1.165, 1.54) is 106 Å². The molecule has 0 radical (unpaired) electrons. The predicted octanol–water partition coefficient (Wildman–Crippen LogP) is 25.2. The second-order valence-corrected chi connectivity index (χ2v) is 27.2. The molecule has 19 rings (SSSR count). The standard InChI is InChI=1S/C100H67N3/c1-3-21-66(22-4-1)72-25-13-27-74(57-72)68-47-51-70(52-48-68)97-101-98(103-99(102-97)88-40-20-39-86(64-88)84-37-18-32-79(62-84)76-29-14-26-73(58-76)67-23-5-2-6-24-67)71-53-49-69(50-54-71)75-28-15-30-77(59-75)78-31-16-33-80(60-78)81-34-17-35-82(61-81)83-36-19-38-85(63-83)87-55-56-92-91-43-9-12-46-95(91)100(96(92)65-87)93-44-10-7-41-89(93)90-42-8-11-45-94(90)100/h1-65,98H,(H,101,102,103). The van der Waals surface area contributed by atoms with E-state index in [1.54, 1.807) is 0 Å². The lowest BCUT2D eigenvalue weighted by atomic mass is 9.70. The molecule has 1 aliphatic heterocycles. The van der Waals surface area contributed by atoms with Gasteiger partial charge in [-0.05, 0) is 216 Å². The lowest BCUT2D eigenvalue weighted by molar-refractivity contribution is 0.674. The van der Waals surface area contributed by atoms with Gasteiger partial charge in [0.05, 0.1) is 5.41 Å². The second kappa shape index (κ2) is 25.7. The zero-order valence-corrected chi connectivity index (χ0v) is 56.5. The van der Waals surface area contributed by atoms with Crippen LogP contribution >= 0.6 is 0 Å². The first-order chi connectivity index (χ1) is 51.0. The number of rotatable bonds is 13. The van der Waals surface area contributed by atoms with Gasteiger partial charge < -0.3 is 5.32 Å². The van der Waals surface area contributed by atoms with Gasteiger partial charge >= 0.3 is 0 Å². The van der Waals surface area contributed by atoms with Crippen LogP contribution in [-0.4, -0.2) is 11.7 Å². The summed E-state index contributed by atoms with van der Waals surface area (Å²) in [4.78, 5) is 10.8. The van der Waals surface area contributed by atoms with E-state index in [2.05, 4.69) is 400 Å². The monoisotopic (exact) mass is 1310 g/mol. The maximum Gasteiger partial charge on any atom is 0.159 e. The molecule has 1 atom stereocenters. The summed E-state index contributed by atoms with van der Waals surface area (Å²) in [7, 11) is 0. The van der Waals surface area contributed by atoms with E-state index in [1.807, 2.05) is 0 Å². The molecule has 0 fully saturated rings. The highest BCUT2D eigenvalue weighted by Crippen LogP contribution is 2.63. The van der Waals surface area contributed by atoms with Crippen LogP contribution in [-0.2, 0) is 5.41 Å². The molecular weight excluding hydrogens is 1240 g/mol. The number of benzene rings is 16. The van der Waals surface area contributed by atoms with Crippen molar-refractivity contribution in [3.8, 4) is 134 Å². The second-order valence-electron chi connectivity index (χ2n) is 27.2. The van der Waals surface area contributed by atoms with E-state index in [9.17, 15) is 0 Å². The largest absolute Gasteiger partial charge is 0.344 e. The zero-order valence-electron chi connectivity index (χ0n) is 56.5. The van der Waals surface area contributed by atoms with Crippen LogP contribution in [0.3, 0.4) is 0 Å². The third-order valence-electron chi connectivity index (χ3n) is 21.2.